The molecule has 0 atom stereocenters. The average molecular weight is 332 g/mol. The summed E-state index contributed by atoms with van der Waals surface area (Å²) >= 11 is 5.95. The quantitative estimate of drug-likeness (QED) is 0.878. The summed E-state index contributed by atoms with van der Waals surface area (Å²) in [5, 5.41) is 3.13. The van der Waals surface area contributed by atoms with E-state index in [1.165, 1.54) is 0 Å². The van der Waals surface area contributed by atoms with Crippen LogP contribution in [-0.4, -0.2) is 18.4 Å². The van der Waals surface area contributed by atoms with Gasteiger partial charge in [-0.05, 0) is 29.7 Å². The minimum Gasteiger partial charge on any atom is -0.445 e. The molecule has 0 aromatic heterocycles. The predicted molar refractivity (Wildman–Crippen MR) is 89.5 cm³/mol. The molecule has 0 saturated carbocycles. The lowest BCUT2D eigenvalue weighted by Crippen LogP contribution is -2.30. The zero-order valence-electron chi connectivity index (χ0n) is 12.8. The summed E-state index contributed by atoms with van der Waals surface area (Å²) in [5.41, 5.74) is 2.69. The molecule has 0 fully saturated rings. The SMILES string of the molecule is Cc1cc(CC(=O)CNC(=O)OCc2ccccc2)ccc1Cl. The molecule has 0 aliphatic heterocycles. The fourth-order valence-corrected chi connectivity index (χ4v) is 2.17. The van der Waals surface area contributed by atoms with Crippen molar-refractivity contribution < 1.29 is 14.3 Å². The molecule has 5 heteroatoms. The number of Topliss-reactive ketones (excluding diaryl/α,β-unsaturated/α-hetero) is 1. The van der Waals surface area contributed by atoms with Crippen molar-refractivity contribution in [2.75, 3.05) is 6.54 Å². The number of rotatable bonds is 6. The number of carbonyl (C=O) groups is 2. The van der Waals surface area contributed by atoms with Crippen LogP contribution in [0.25, 0.3) is 0 Å². The van der Waals surface area contributed by atoms with Gasteiger partial charge >= 0.3 is 6.09 Å². The number of carbonyl (C=O) groups excluding carboxylic acids is 2. The maximum Gasteiger partial charge on any atom is 0.407 e. The average Bonchev–Trinajstić information content (AvgIpc) is 2.55. The Labute approximate surface area is 140 Å². The van der Waals surface area contributed by atoms with Gasteiger partial charge in [0.25, 0.3) is 0 Å². The van der Waals surface area contributed by atoms with Crippen molar-refractivity contribution in [2.24, 2.45) is 0 Å². The molecule has 1 N–H and O–H groups in total. The molecule has 4 nitrogen and oxygen atoms in total. The van der Waals surface area contributed by atoms with Crippen molar-refractivity contribution in [3.8, 4) is 0 Å². The molecule has 0 heterocycles. The van der Waals surface area contributed by atoms with Gasteiger partial charge in [-0.3, -0.25) is 4.79 Å². The van der Waals surface area contributed by atoms with Gasteiger partial charge in [0.1, 0.15) is 6.61 Å². The van der Waals surface area contributed by atoms with E-state index in [0.29, 0.717) is 5.02 Å². The summed E-state index contributed by atoms with van der Waals surface area (Å²) in [4.78, 5) is 23.5. The van der Waals surface area contributed by atoms with Gasteiger partial charge in [0.2, 0.25) is 0 Å². The highest BCUT2D eigenvalue weighted by molar-refractivity contribution is 6.31. The number of nitrogens with one attached hydrogen (secondary N) is 1. The number of aryl methyl sites for hydroxylation is 1. The van der Waals surface area contributed by atoms with Crippen molar-refractivity contribution >= 4 is 23.5 Å². The van der Waals surface area contributed by atoms with E-state index in [0.717, 1.165) is 16.7 Å². The molecule has 0 aliphatic rings. The van der Waals surface area contributed by atoms with Gasteiger partial charge in [-0.2, -0.15) is 0 Å². The first-order valence-corrected chi connectivity index (χ1v) is 7.63. The Kier molecular flexibility index (Phi) is 6.18. The third-order valence-electron chi connectivity index (χ3n) is 3.27. The van der Waals surface area contributed by atoms with Crippen LogP contribution in [0.4, 0.5) is 4.79 Å². The van der Waals surface area contributed by atoms with Crippen LogP contribution < -0.4 is 5.32 Å². The van der Waals surface area contributed by atoms with E-state index in [9.17, 15) is 9.59 Å². The largest absolute Gasteiger partial charge is 0.445 e. The molecule has 0 unspecified atom stereocenters. The number of hydrogen-bond acceptors (Lipinski definition) is 3. The fourth-order valence-electron chi connectivity index (χ4n) is 2.05. The van der Waals surface area contributed by atoms with Crippen molar-refractivity contribution in [1.82, 2.24) is 5.32 Å². The van der Waals surface area contributed by atoms with Crippen LogP contribution in [0, 0.1) is 6.92 Å². The van der Waals surface area contributed by atoms with Gasteiger partial charge in [0.15, 0.2) is 5.78 Å². The van der Waals surface area contributed by atoms with E-state index < -0.39 is 6.09 Å². The van der Waals surface area contributed by atoms with Crippen LogP contribution in [0.3, 0.4) is 0 Å². The van der Waals surface area contributed by atoms with Crippen molar-refractivity contribution in [2.45, 2.75) is 20.0 Å². The van der Waals surface area contributed by atoms with Crippen LogP contribution in [0.2, 0.25) is 5.02 Å². The molecule has 2 aromatic rings. The lowest BCUT2D eigenvalue weighted by molar-refractivity contribution is -0.117. The summed E-state index contributed by atoms with van der Waals surface area (Å²) in [6, 6.07) is 14.8. The predicted octanol–water partition coefficient (Wildman–Crippen LogP) is 3.69. The Morgan fingerprint density at radius 2 is 1.83 bits per heavy atom. The molecule has 0 radical (unpaired) electrons. The second kappa shape index (κ2) is 8.34. The van der Waals surface area contributed by atoms with E-state index in [1.807, 2.05) is 43.3 Å². The second-order valence-electron chi connectivity index (χ2n) is 5.21. The van der Waals surface area contributed by atoms with Gasteiger partial charge in [0, 0.05) is 11.4 Å². The summed E-state index contributed by atoms with van der Waals surface area (Å²) in [6.07, 6.45) is -0.355. The Balaban J connectivity index is 1.73. The smallest absolute Gasteiger partial charge is 0.407 e. The number of hydrogen-bond donors (Lipinski definition) is 1. The van der Waals surface area contributed by atoms with Crippen molar-refractivity contribution in [3.63, 3.8) is 0 Å². The summed E-state index contributed by atoms with van der Waals surface area (Å²) < 4.78 is 5.04. The van der Waals surface area contributed by atoms with Crippen LogP contribution in [-0.2, 0) is 22.6 Å². The first-order chi connectivity index (χ1) is 11.0. The molecule has 2 rings (SSSR count). The summed E-state index contributed by atoms with van der Waals surface area (Å²) in [7, 11) is 0. The van der Waals surface area contributed by atoms with E-state index in [-0.39, 0.29) is 25.4 Å². The van der Waals surface area contributed by atoms with E-state index in [2.05, 4.69) is 5.32 Å². The maximum absolute atomic E-state index is 11.9. The molecular formula is C18H18ClNO3. The Morgan fingerprint density at radius 3 is 2.52 bits per heavy atom. The zero-order valence-corrected chi connectivity index (χ0v) is 13.6. The number of halogens is 1. The first kappa shape index (κ1) is 17.0. The van der Waals surface area contributed by atoms with E-state index >= 15 is 0 Å². The number of ketones is 1. The zero-order chi connectivity index (χ0) is 16.7. The van der Waals surface area contributed by atoms with Gasteiger partial charge in [0.05, 0.1) is 6.54 Å². The minimum absolute atomic E-state index is 0.0602. The van der Waals surface area contributed by atoms with E-state index in [4.69, 9.17) is 16.3 Å². The molecule has 1 amide bonds. The van der Waals surface area contributed by atoms with Gasteiger partial charge in [-0.15, -0.1) is 0 Å². The Hall–Kier alpha value is -2.33. The minimum atomic E-state index is -0.602. The number of alkyl carbamates (subject to hydrolysis) is 1. The number of ether oxygens (including phenoxy) is 1. The number of amides is 1. The highest BCUT2D eigenvalue weighted by Gasteiger charge is 2.08. The van der Waals surface area contributed by atoms with Crippen LogP contribution in [0.1, 0.15) is 16.7 Å². The Bertz CT molecular complexity index is 686. The highest BCUT2D eigenvalue weighted by atomic mass is 35.5. The van der Waals surface area contributed by atoms with Gasteiger partial charge in [-0.1, -0.05) is 54.1 Å². The van der Waals surface area contributed by atoms with Crippen molar-refractivity contribution in [3.05, 3.63) is 70.2 Å². The fraction of sp³-hybridized carbons (Fsp3) is 0.222. The number of benzene rings is 2. The lowest BCUT2D eigenvalue weighted by Gasteiger charge is -2.07. The second-order valence-corrected chi connectivity index (χ2v) is 5.62. The Morgan fingerprint density at radius 1 is 1.09 bits per heavy atom. The monoisotopic (exact) mass is 331 g/mol. The molecule has 2 aromatic carbocycles. The van der Waals surface area contributed by atoms with Crippen LogP contribution in [0.5, 0.6) is 0 Å². The molecule has 23 heavy (non-hydrogen) atoms. The van der Waals surface area contributed by atoms with Crippen LogP contribution >= 0.6 is 11.6 Å². The lowest BCUT2D eigenvalue weighted by atomic mass is 10.1. The summed E-state index contributed by atoms with van der Waals surface area (Å²) in [6.45, 7) is 2.00. The normalized spacial score (nSPS) is 10.2. The molecule has 0 bridgehead atoms. The first-order valence-electron chi connectivity index (χ1n) is 7.26. The molecule has 0 spiro atoms. The van der Waals surface area contributed by atoms with Gasteiger partial charge < -0.3 is 10.1 Å². The van der Waals surface area contributed by atoms with Crippen molar-refractivity contribution in [1.29, 1.82) is 0 Å². The molecule has 120 valence electrons. The van der Waals surface area contributed by atoms with Gasteiger partial charge in [-0.25, -0.2) is 4.79 Å². The third-order valence-corrected chi connectivity index (χ3v) is 3.69. The van der Waals surface area contributed by atoms with Crippen LogP contribution in [0.15, 0.2) is 48.5 Å². The maximum atomic E-state index is 11.9. The molecular weight excluding hydrogens is 314 g/mol. The molecule has 0 aliphatic carbocycles. The third kappa shape index (κ3) is 5.75. The summed E-state index contributed by atoms with van der Waals surface area (Å²) in [5.74, 6) is -0.0941. The standard InChI is InChI=1S/C18H18ClNO3/c1-13-9-15(7-8-17(13)19)10-16(21)11-20-18(22)23-12-14-5-3-2-4-6-14/h2-9H,10-12H2,1H3,(H,20,22). The van der Waals surface area contributed by atoms with E-state index in [1.54, 1.807) is 12.1 Å². The highest BCUT2D eigenvalue weighted by Crippen LogP contribution is 2.16. The molecule has 0 saturated heterocycles. The topological polar surface area (TPSA) is 55.4 Å².